The zero-order valence-corrected chi connectivity index (χ0v) is 16.9. The Labute approximate surface area is 175 Å². The van der Waals surface area contributed by atoms with Crippen LogP contribution in [0.1, 0.15) is 26.4 Å². The molecule has 0 radical (unpaired) electrons. The summed E-state index contributed by atoms with van der Waals surface area (Å²) in [4.78, 5) is 28.4. The molecule has 31 heavy (non-hydrogen) atoms. The van der Waals surface area contributed by atoms with Crippen LogP contribution in [0.15, 0.2) is 53.8 Å². The number of halogens is 3. The van der Waals surface area contributed by atoms with Crippen molar-refractivity contribution < 1.29 is 31.2 Å². The molecule has 2 N–H and O–H groups in total. The number of sulfone groups is 1. The van der Waals surface area contributed by atoms with Crippen molar-refractivity contribution in [2.45, 2.75) is 11.3 Å². The van der Waals surface area contributed by atoms with Crippen LogP contribution < -0.4 is 10.6 Å². The number of rotatable bonds is 6. The summed E-state index contributed by atoms with van der Waals surface area (Å²) >= 11 is 0. The normalized spacial score (nSPS) is 12.0. The summed E-state index contributed by atoms with van der Waals surface area (Å²) in [6.45, 7) is -0.0123. The average Bonchev–Trinajstić information content (AvgIpc) is 3.10. The van der Waals surface area contributed by atoms with Crippen LogP contribution in [0, 0.1) is 0 Å². The number of nitrogens with one attached hydrogen (secondary N) is 2. The quantitative estimate of drug-likeness (QED) is 0.553. The van der Waals surface area contributed by atoms with Crippen LogP contribution in [0.5, 0.6) is 0 Å². The maximum Gasteiger partial charge on any atom is 0.416 e. The highest BCUT2D eigenvalue weighted by molar-refractivity contribution is 7.90. The molecule has 0 aliphatic rings. The number of aromatic nitrogens is 2. The van der Waals surface area contributed by atoms with Crippen molar-refractivity contribution in [3.63, 3.8) is 0 Å². The third-order valence-corrected chi connectivity index (χ3v) is 5.18. The highest BCUT2D eigenvalue weighted by atomic mass is 32.2. The summed E-state index contributed by atoms with van der Waals surface area (Å²) in [5.74, 6) is -1.24. The first-order valence-corrected chi connectivity index (χ1v) is 10.8. The van der Waals surface area contributed by atoms with Crippen molar-refractivity contribution in [2.24, 2.45) is 0 Å². The first kappa shape index (κ1) is 22.3. The number of benzene rings is 1. The Kier molecular flexibility index (Phi) is 6.02. The molecule has 0 atom stereocenters. The number of amides is 2. The van der Waals surface area contributed by atoms with Crippen LogP contribution in [0.25, 0.3) is 5.52 Å². The van der Waals surface area contributed by atoms with Crippen molar-refractivity contribution >= 4 is 27.2 Å². The van der Waals surface area contributed by atoms with E-state index in [-0.39, 0.29) is 29.5 Å². The van der Waals surface area contributed by atoms with E-state index in [1.165, 1.54) is 10.6 Å². The molecule has 0 bridgehead atoms. The largest absolute Gasteiger partial charge is 0.416 e. The van der Waals surface area contributed by atoms with Crippen molar-refractivity contribution in [2.75, 3.05) is 19.3 Å². The van der Waals surface area contributed by atoms with Gasteiger partial charge >= 0.3 is 6.18 Å². The van der Waals surface area contributed by atoms with Gasteiger partial charge in [-0.15, -0.1) is 0 Å². The minimum atomic E-state index is -4.49. The molecule has 0 saturated heterocycles. The van der Waals surface area contributed by atoms with Gasteiger partial charge in [-0.2, -0.15) is 13.2 Å². The molecule has 0 aliphatic heterocycles. The van der Waals surface area contributed by atoms with E-state index >= 15 is 0 Å². The second-order valence-electron chi connectivity index (χ2n) is 6.56. The molecular weight excluding hydrogens is 437 g/mol. The van der Waals surface area contributed by atoms with Gasteiger partial charge in [-0.3, -0.25) is 14.0 Å². The van der Waals surface area contributed by atoms with E-state index in [1.54, 1.807) is 18.2 Å². The smallest absolute Gasteiger partial charge is 0.350 e. The molecule has 12 heteroatoms. The van der Waals surface area contributed by atoms with Crippen LogP contribution in [0.4, 0.5) is 13.2 Å². The molecule has 3 rings (SSSR count). The summed E-state index contributed by atoms with van der Waals surface area (Å²) in [5.41, 5.74) is -0.612. The van der Waals surface area contributed by atoms with Crippen molar-refractivity contribution in [1.29, 1.82) is 0 Å². The predicted molar refractivity (Wildman–Crippen MR) is 104 cm³/mol. The topological polar surface area (TPSA) is 110 Å². The Morgan fingerprint density at radius 1 is 1.00 bits per heavy atom. The molecule has 0 fully saturated rings. The highest BCUT2D eigenvalue weighted by Gasteiger charge is 2.30. The van der Waals surface area contributed by atoms with Crippen molar-refractivity contribution in [3.05, 3.63) is 65.5 Å². The van der Waals surface area contributed by atoms with Crippen LogP contribution >= 0.6 is 0 Å². The lowest BCUT2D eigenvalue weighted by Crippen LogP contribution is -2.35. The Morgan fingerprint density at radius 2 is 1.61 bits per heavy atom. The van der Waals surface area contributed by atoms with E-state index < -0.39 is 33.4 Å². The SMILES string of the molecule is CS(=O)(=O)c1nc(C(=O)NCCNC(=O)c2ccc(C(F)(F)F)cc2)c2ccccn12. The van der Waals surface area contributed by atoms with E-state index in [1.807, 2.05) is 0 Å². The zero-order chi connectivity index (χ0) is 22.8. The Bertz CT molecular complexity index is 1240. The third kappa shape index (κ3) is 5.02. The van der Waals surface area contributed by atoms with Gasteiger partial charge in [0.05, 0.1) is 11.1 Å². The maximum atomic E-state index is 12.6. The minimum Gasteiger partial charge on any atom is -0.350 e. The summed E-state index contributed by atoms with van der Waals surface area (Å²) in [6, 6.07) is 8.50. The van der Waals surface area contributed by atoms with Crippen LogP contribution in [0.3, 0.4) is 0 Å². The number of fused-ring (bicyclic) bond motifs is 1. The molecule has 8 nitrogen and oxygen atoms in total. The predicted octanol–water partition coefficient (Wildman–Crippen LogP) is 1.92. The van der Waals surface area contributed by atoms with E-state index in [4.69, 9.17) is 0 Å². The molecular formula is C19H17F3N4O4S. The van der Waals surface area contributed by atoms with Crippen LogP contribution in [-0.2, 0) is 16.0 Å². The Morgan fingerprint density at radius 3 is 2.19 bits per heavy atom. The third-order valence-electron chi connectivity index (χ3n) is 4.23. The summed E-state index contributed by atoms with van der Waals surface area (Å²) in [7, 11) is -3.68. The fourth-order valence-electron chi connectivity index (χ4n) is 2.79. The fourth-order valence-corrected chi connectivity index (χ4v) is 3.56. The molecule has 0 spiro atoms. The van der Waals surface area contributed by atoms with E-state index in [9.17, 15) is 31.2 Å². The lowest BCUT2D eigenvalue weighted by atomic mass is 10.1. The second-order valence-corrected chi connectivity index (χ2v) is 8.47. The van der Waals surface area contributed by atoms with Crippen LogP contribution in [-0.4, -0.2) is 49.0 Å². The average molecular weight is 454 g/mol. The number of imidazole rings is 1. The molecule has 3 aromatic rings. The number of hydrogen-bond donors (Lipinski definition) is 2. The second kappa shape index (κ2) is 8.38. The van der Waals surface area contributed by atoms with E-state index in [0.717, 1.165) is 30.5 Å². The van der Waals surface area contributed by atoms with E-state index in [2.05, 4.69) is 15.6 Å². The maximum absolute atomic E-state index is 12.6. The van der Waals surface area contributed by atoms with Gasteiger partial charge in [-0.25, -0.2) is 13.4 Å². The van der Waals surface area contributed by atoms with Gasteiger partial charge in [0.25, 0.3) is 11.8 Å². The number of alkyl halides is 3. The molecule has 2 heterocycles. The first-order valence-electron chi connectivity index (χ1n) is 8.89. The van der Waals surface area contributed by atoms with Gasteiger partial charge in [0.2, 0.25) is 15.0 Å². The van der Waals surface area contributed by atoms with Gasteiger partial charge < -0.3 is 10.6 Å². The number of carbonyl (C=O) groups excluding carboxylic acids is 2. The lowest BCUT2D eigenvalue weighted by molar-refractivity contribution is -0.137. The van der Waals surface area contributed by atoms with E-state index in [0.29, 0.717) is 5.52 Å². The highest BCUT2D eigenvalue weighted by Crippen LogP contribution is 2.29. The van der Waals surface area contributed by atoms with Gasteiger partial charge in [0.15, 0.2) is 5.69 Å². The standard InChI is InChI=1S/C19H17F3N4O4S/c1-31(29,30)18-25-15(14-4-2-3-11-26(14)18)17(28)24-10-9-23-16(27)12-5-7-13(8-6-12)19(20,21)22/h2-8,11H,9-10H2,1H3,(H,23,27)(H,24,28). The summed E-state index contributed by atoms with van der Waals surface area (Å²) in [5, 5.41) is 4.72. The molecule has 0 saturated carbocycles. The zero-order valence-electron chi connectivity index (χ0n) is 16.1. The van der Waals surface area contributed by atoms with Gasteiger partial charge in [0.1, 0.15) is 0 Å². The molecule has 2 aromatic heterocycles. The minimum absolute atomic E-state index is 0.00366. The molecule has 0 unspecified atom stereocenters. The van der Waals surface area contributed by atoms with Gasteiger partial charge in [-0.05, 0) is 36.4 Å². The van der Waals surface area contributed by atoms with Crippen LogP contribution in [0.2, 0.25) is 0 Å². The Hall–Kier alpha value is -3.41. The number of pyridine rings is 1. The van der Waals surface area contributed by atoms with Crippen molar-refractivity contribution in [1.82, 2.24) is 20.0 Å². The fraction of sp³-hybridized carbons (Fsp3) is 0.211. The number of carbonyl (C=O) groups is 2. The Balaban J connectivity index is 1.60. The molecule has 0 aliphatic carbocycles. The molecule has 2 amide bonds. The van der Waals surface area contributed by atoms with Crippen molar-refractivity contribution in [3.8, 4) is 0 Å². The number of nitrogens with zero attached hydrogens (tertiary/aromatic N) is 2. The number of hydrogen-bond acceptors (Lipinski definition) is 5. The van der Waals surface area contributed by atoms with Gasteiger partial charge in [0, 0.05) is 31.1 Å². The molecule has 1 aromatic carbocycles. The lowest BCUT2D eigenvalue weighted by Gasteiger charge is -2.09. The summed E-state index contributed by atoms with van der Waals surface area (Å²) in [6.07, 6.45) is -2.04. The summed E-state index contributed by atoms with van der Waals surface area (Å²) < 4.78 is 62.8. The monoisotopic (exact) mass is 454 g/mol. The first-order chi connectivity index (χ1) is 14.5. The molecule has 164 valence electrons. The van der Waals surface area contributed by atoms with Gasteiger partial charge in [-0.1, -0.05) is 6.07 Å².